The van der Waals surface area contributed by atoms with E-state index < -0.39 is 0 Å². The first kappa shape index (κ1) is 16.7. The van der Waals surface area contributed by atoms with Gasteiger partial charge in [-0.1, -0.05) is 40.5 Å². The van der Waals surface area contributed by atoms with Gasteiger partial charge in [0.05, 0.1) is 6.10 Å². The molecule has 0 saturated heterocycles. The van der Waals surface area contributed by atoms with Crippen molar-refractivity contribution in [3.8, 4) is 0 Å². The molecule has 0 fully saturated rings. The van der Waals surface area contributed by atoms with Gasteiger partial charge in [0.1, 0.15) is 18.0 Å². The van der Waals surface area contributed by atoms with Gasteiger partial charge in [-0.15, -0.1) is 0 Å². The van der Waals surface area contributed by atoms with E-state index in [-0.39, 0.29) is 6.10 Å². The van der Waals surface area contributed by atoms with Crippen molar-refractivity contribution in [1.29, 1.82) is 0 Å². The quantitative estimate of drug-likeness (QED) is 0.683. The van der Waals surface area contributed by atoms with Crippen molar-refractivity contribution in [2.75, 3.05) is 24.2 Å². The zero-order chi connectivity index (χ0) is 15.1. The molecule has 0 aliphatic rings. The standard InChI is InChI=1S/C15H28N4O/c1-6-11(7-2)12(20)8-17-15-13(10(3)4)14(16-5)18-9-19-15/h9-12,20H,6-8H2,1-5H3,(H2,16,17,18,19). The van der Waals surface area contributed by atoms with Gasteiger partial charge in [-0.3, -0.25) is 0 Å². The second-order valence-electron chi connectivity index (χ2n) is 5.41. The summed E-state index contributed by atoms with van der Waals surface area (Å²) in [5.41, 5.74) is 1.06. The molecule has 0 aliphatic heterocycles. The maximum absolute atomic E-state index is 10.2. The van der Waals surface area contributed by atoms with Gasteiger partial charge in [0, 0.05) is 19.2 Å². The Balaban J connectivity index is 2.82. The number of aliphatic hydroxyl groups is 1. The Morgan fingerprint density at radius 1 is 1.15 bits per heavy atom. The molecule has 0 bridgehead atoms. The summed E-state index contributed by atoms with van der Waals surface area (Å²) in [7, 11) is 1.86. The Morgan fingerprint density at radius 3 is 2.25 bits per heavy atom. The van der Waals surface area contributed by atoms with E-state index in [1.165, 1.54) is 0 Å². The van der Waals surface area contributed by atoms with Crippen LogP contribution in [0.2, 0.25) is 0 Å². The molecule has 1 atom stereocenters. The molecule has 0 saturated carbocycles. The molecule has 0 spiro atoms. The number of aromatic nitrogens is 2. The summed E-state index contributed by atoms with van der Waals surface area (Å²) in [6, 6.07) is 0. The van der Waals surface area contributed by atoms with Gasteiger partial charge in [-0.25, -0.2) is 9.97 Å². The predicted molar refractivity (Wildman–Crippen MR) is 84.2 cm³/mol. The highest BCUT2D eigenvalue weighted by molar-refractivity contribution is 5.58. The van der Waals surface area contributed by atoms with Crippen LogP contribution >= 0.6 is 0 Å². The number of nitrogens with zero attached hydrogens (tertiary/aromatic N) is 2. The van der Waals surface area contributed by atoms with E-state index in [4.69, 9.17) is 0 Å². The molecule has 0 aliphatic carbocycles. The fraction of sp³-hybridized carbons (Fsp3) is 0.733. The van der Waals surface area contributed by atoms with Crippen LogP contribution in [0.5, 0.6) is 0 Å². The number of aliphatic hydroxyl groups excluding tert-OH is 1. The minimum Gasteiger partial charge on any atom is -0.391 e. The Kier molecular flexibility index (Phi) is 6.71. The van der Waals surface area contributed by atoms with Crippen LogP contribution in [0.15, 0.2) is 6.33 Å². The van der Waals surface area contributed by atoms with Gasteiger partial charge in [0.2, 0.25) is 0 Å². The average Bonchev–Trinajstić information content (AvgIpc) is 2.45. The van der Waals surface area contributed by atoms with Crippen LogP contribution in [0.25, 0.3) is 0 Å². The van der Waals surface area contributed by atoms with Gasteiger partial charge in [0.25, 0.3) is 0 Å². The summed E-state index contributed by atoms with van der Waals surface area (Å²) in [5, 5.41) is 16.6. The Morgan fingerprint density at radius 2 is 1.75 bits per heavy atom. The van der Waals surface area contributed by atoms with Crippen LogP contribution in [-0.2, 0) is 0 Å². The highest BCUT2D eigenvalue weighted by atomic mass is 16.3. The molecule has 5 heteroatoms. The summed E-state index contributed by atoms with van der Waals surface area (Å²) in [6.07, 6.45) is 3.17. The highest BCUT2D eigenvalue weighted by Crippen LogP contribution is 2.28. The summed E-state index contributed by atoms with van der Waals surface area (Å²) in [6.45, 7) is 8.97. The average molecular weight is 280 g/mol. The van der Waals surface area contributed by atoms with Crippen LogP contribution in [0, 0.1) is 5.92 Å². The van der Waals surface area contributed by atoms with Gasteiger partial charge in [-0.2, -0.15) is 0 Å². The molecular weight excluding hydrogens is 252 g/mol. The normalized spacial score (nSPS) is 12.8. The van der Waals surface area contributed by atoms with Crippen LogP contribution in [0.4, 0.5) is 11.6 Å². The van der Waals surface area contributed by atoms with Gasteiger partial charge < -0.3 is 15.7 Å². The largest absolute Gasteiger partial charge is 0.391 e. The smallest absolute Gasteiger partial charge is 0.135 e. The molecule has 1 heterocycles. The molecule has 5 nitrogen and oxygen atoms in total. The van der Waals surface area contributed by atoms with Crippen LogP contribution in [-0.4, -0.2) is 34.8 Å². The molecular formula is C15H28N4O. The molecule has 1 unspecified atom stereocenters. The minimum absolute atomic E-state index is 0.312. The molecule has 3 N–H and O–H groups in total. The maximum Gasteiger partial charge on any atom is 0.135 e. The first-order chi connectivity index (χ1) is 9.54. The number of rotatable bonds is 8. The van der Waals surface area contributed by atoms with Crippen LogP contribution < -0.4 is 10.6 Å². The van der Waals surface area contributed by atoms with Crippen molar-refractivity contribution in [2.24, 2.45) is 5.92 Å². The van der Waals surface area contributed by atoms with E-state index in [1.54, 1.807) is 6.33 Å². The number of nitrogens with one attached hydrogen (secondary N) is 2. The molecule has 1 aromatic heterocycles. The van der Waals surface area contributed by atoms with Crippen molar-refractivity contribution < 1.29 is 5.11 Å². The SMILES string of the molecule is CCC(CC)C(O)CNc1ncnc(NC)c1C(C)C. The van der Waals surface area contributed by atoms with Crippen molar-refractivity contribution >= 4 is 11.6 Å². The van der Waals surface area contributed by atoms with E-state index in [0.717, 1.165) is 30.0 Å². The first-order valence-corrected chi connectivity index (χ1v) is 7.49. The molecule has 0 amide bonds. The number of hydrogen-bond donors (Lipinski definition) is 3. The Bertz CT molecular complexity index is 405. The third kappa shape index (κ3) is 4.07. The molecule has 0 aromatic carbocycles. The lowest BCUT2D eigenvalue weighted by Gasteiger charge is -2.22. The summed E-state index contributed by atoms with van der Waals surface area (Å²) < 4.78 is 0. The fourth-order valence-corrected chi connectivity index (χ4v) is 2.48. The van der Waals surface area contributed by atoms with E-state index in [2.05, 4.69) is 48.3 Å². The van der Waals surface area contributed by atoms with E-state index in [1.807, 2.05) is 7.05 Å². The van der Waals surface area contributed by atoms with E-state index >= 15 is 0 Å². The van der Waals surface area contributed by atoms with Crippen molar-refractivity contribution in [1.82, 2.24) is 9.97 Å². The van der Waals surface area contributed by atoms with Crippen molar-refractivity contribution in [3.05, 3.63) is 11.9 Å². The third-order valence-corrected chi connectivity index (χ3v) is 3.77. The molecule has 1 aromatic rings. The molecule has 114 valence electrons. The van der Waals surface area contributed by atoms with E-state index in [0.29, 0.717) is 18.4 Å². The van der Waals surface area contributed by atoms with Gasteiger partial charge in [0.15, 0.2) is 0 Å². The zero-order valence-electron chi connectivity index (χ0n) is 13.3. The zero-order valence-corrected chi connectivity index (χ0v) is 13.3. The lowest BCUT2D eigenvalue weighted by Crippen LogP contribution is -2.28. The number of anilines is 2. The predicted octanol–water partition coefficient (Wildman–Crippen LogP) is 2.85. The molecule has 20 heavy (non-hydrogen) atoms. The Labute approximate surface area is 122 Å². The second-order valence-corrected chi connectivity index (χ2v) is 5.41. The topological polar surface area (TPSA) is 70.1 Å². The summed E-state index contributed by atoms with van der Waals surface area (Å²) >= 11 is 0. The third-order valence-electron chi connectivity index (χ3n) is 3.77. The van der Waals surface area contributed by atoms with Gasteiger partial charge >= 0.3 is 0 Å². The lowest BCUT2D eigenvalue weighted by molar-refractivity contribution is 0.114. The highest BCUT2D eigenvalue weighted by Gasteiger charge is 2.18. The van der Waals surface area contributed by atoms with Crippen LogP contribution in [0.1, 0.15) is 52.0 Å². The minimum atomic E-state index is -0.349. The molecule has 0 radical (unpaired) electrons. The van der Waals surface area contributed by atoms with Crippen molar-refractivity contribution in [2.45, 2.75) is 52.6 Å². The first-order valence-electron chi connectivity index (χ1n) is 7.49. The van der Waals surface area contributed by atoms with Gasteiger partial charge in [-0.05, 0) is 11.8 Å². The van der Waals surface area contributed by atoms with Crippen LogP contribution in [0.3, 0.4) is 0 Å². The Hall–Kier alpha value is -1.36. The second kappa shape index (κ2) is 8.04. The van der Waals surface area contributed by atoms with Crippen molar-refractivity contribution in [3.63, 3.8) is 0 Å². The molecule has 1 rings (SSSR count). The maximum atomic E-state index is 10.2. The monoisotopic (exact) mass is 280 g/mol. The summed E-state index contributed by atoms with van der Waals surface area (Å²) in [5.74, 6) is 2.29. The summed E-state index contributed by atoms with van der Waals surface area (Å²) in [4.78, 5) is 8.57. The number of hydrogen-bond acceptors (Lipinski definition) is 5. The lowest BCUT2D eigenvalue weighted by atomic mass is 9.96. The fourth-order valence-electron chi connectivity index (χ4n) is 2.48. The van der Waals surface area contributed by atoms with E-state index in [9.17, 15) is 5.11 Å².